The molecule has 2 unspecified atom stereocenters. The van der Waals surface area contributed by atoms with Crippen LogP contribution >= 0.6 is 11.6 Å². The summed E-state index contributed by atoms with van der Waals surface area (Å²) in [5.74, 6) is 1.20. The predicted octanol–water partition coefficient (Wildman–Crippen LogP) is 4.39. The molecule has 3 aliphatic rings. The summed E-state index contributed by atoms with van der Waals surface area (Å²) < 4.78 is 8.85. The molecule has 8 rings (SSSR count). The molecule has 0 spiro atoms. The van der Waals surface area contributed by atoms with Crippen molar-refractivity contribution in [1.82, 2.24) is 34.9 Å². The van der Waals surface area contributed by atoms with Gasteiger partial charge in [0.1, 0.15) is 5.02 Å². The van der Waals surface area contributed by atoms with Crippen LogP contribution in [0.4, 0.5) is 23.1 Å². The van der Waals surface area contributed by atoms with Crippen molar-refractivity contribution < 1.29 is 19.1 Å². The lowest BCUT2D eigenvalue weighted by molar-refractivity contribution is -0.134. The van der Waals surface area contributed by atoms with E-state index in [-0.39, 0.29) is 35.6 Å². The summed E-state index contributed by atoms with van der Waals surface area (Å²) in [4.78, 5) is 62.8. The molecule has 56 heavy (non-hydrogen) atoms. The van der Waals surface area contributed by atoms with Gasteiger partial charge in [0.25, 0.3) is 11.5 Å². The van der Waals surface area contributed by atoms with Crippen LogP contribution in [0.25, 0.3) is 21.8 Å². The molecular weight excluding hydrogens is 736 g/mol. The molecule has 16 heteroatoms. The number of pyridine rings is 1. The van der Waals surface area contributed by atoms with Gasteiger partial charge >= 0.3 is 0 Å². The summed E-state index contributed by atoms with van der Waals surface area (Å²) in [6.07, 6.45) is 6.88. The molecule has 292 valence electrons. The number of nitrogens with one attached hydrogen (secondary N) is 3. The Labute approximate surface area is 328 Å². The van der Waals surface area contributed by atoms with Gasteiger partial charge in [-0.2, -0.15) is 10.1 Å². The van der Waals surface area contributed by atoms with Gasteiger partial charge in [-0.3, -0.25) is 29.2 Å². The third-order valence-electron chi connectivity index (χ3n) is 11.5. The molecule has 0 aliphatic carbocycles. The number of benzene rings is 2. The van der Waals surface area contributed by atoms with Crippen molar-refractivity contribution in [3.63, 3.8) is 0 Å². The second-order valence-corrected chi connectivity index (χ2v) is 15.5. The number of halogens is 1. The van der Waals surface area contributed by atoms with Gasteiger partial charge in [0.2, 0.25) is 17.8 Å². The first kappa shape index (κ1) is 37.2. The summed E-state index contributed by atoms with van der Waals surface area (Å²) in [6.45, 7) is 3.47. The fraction of sp³-hybridized carbons (Fsp3) is 0.425. The number of fused-ring (bicyclic) bond motifs is 2. The molecule has 3 aromatic heterocycles. The van der Waals surface area contributed by atoms with Crippen molar-refractivity contribution >= 4 is 74.3 Å². The molecule has 3 amide bonds. The normalized spacial score (nSPS) is 19.1. The fourth-order valence-electron chi connectivity index (χ4n) is 8.37. The van der Waals surface area contributed by atoms with E-state index in [9.17, 15) is 19.2 Å². The van der Waals surface area contributed by atoms with Crippen molar-refractivity contribution in [2.45, 2.75) is 44.4 Å². The van der Waals surface area contributed by atoms with E-state index in [2.05, 4.69) is 48.9 Å². The van der Waals surface area contributed by atoms with Crippen molar-refractivity contribution in [3.8, 4) is 5.75 Å². The first-order chi connectivity index (χ1) is 27.0. The van der Waals surface area contributed by atoms with Crippen molar-refractivity contribution in [1.29, 1.82) is 0 Å². The maximum absolute atomic E-state index is 12.8. The highest BCUT2D eigenvalue weighted by Crippen LogP contribution is 2.36. The number of imide groups is 1. The van der Waals surface area contributed by atoms with Gasteiger partial charge in [0, 0.05) is 75.9 Å². The number of anilines is 4. The highest BCUT2D eigenvalue weighted by molar-refractivity contribution is 6.33. The van der Waals surface area contributed by atoms with E-state index in [1.807, 2.05) is 29.9 Å². The van der Waals surface area contributed by atoms with E-state index >= 15 is 0 Å². The summed E-state index contributed by atoms with van der Waals surface area (Å²) in [5, 5.41) is 15.1. The van der Waals surface area contributed by atoms with Crippen molar-refractivity contribution in [2.24, 2.45) is 25.9 Å². The number of likely N-dealkylation sites (N-methyl/N-ethyl adjacent to an activating group) is 1. The first-order valence-electron chi connectivity index (χ1n) is 19.1. The second kappa shape index (κ2) is 15.4. The maximum atomic E-state index is 12.8. The average Bonchev–Trinajstić information content (AvgIpc) is 3.80. The molecule has 2 aromatic carbocycles. The van der Waals surface area contributed by atoms with Crippen LogP contribution in [-0.2, 0) is 28.5 Å². The van der Waals surface area contributed by atoms with Gasteiger partial charge in [-0.25, -0.2) is 4.98 Å². The summed E-state index contributed by atoms with van der Waals surface area (Å²) in [6, 6.07) is 13.6. The first-order valence-corrected chi connectivity index (χ1v) is 19.5. The van der Waals surface area contributed by atoms with Crippen LogP contribution in [0.1, 0.15) is 50.1 Å². The minimum absolute atomic E-state index is 0.0860. The number of carbonyl (C=O) groups excluding carboxylic acids is 3. The second-order valence-electron chi connectivity index (χ2n) is 15.1. The molecule has 15 nitrogen and oxygen atoms in total. The topological polar surface area (TPSA) is 169 Å². The minimum Gasteiger partial charge on any atom is -0.478 e. The van der Waals surface area contributed by atoms with Crippen LogP contribution in [0.5, 0.6) is 5.75 Å². The summed E-state index contributed by atoms with van der Waals surface area (Å²) in [5.41, 5.74) is 4.00. The Bertz CT molecular complexity index is 2400. The van der Waals surface area contributed by atoms with Crippen LogP contribution in [0.3, 0.4) is 0 Å². The number of piperidine rings is 2. The SMILES string of the molecule is CNC(=O)COc1cc2cc(Nc3nc(N4CCC(CC5CCN(c6ccc7c(C8CCC(=O)NC8=O)nn(C)c7c6)C5)CC4)ncc3Cl)ccc2n(C)c1=O. The van der Waals surface area contributed by atoms with E-state index in [0.717, 1.165) is 73.1 Å². The molecule has 3 aliphatic heterocycles. The maximum Gasteiger partial charge on any atom is 0.293 e. The number of amides is 3. The number of ether oxygens (including phenoxy) is 1. The number of carbonyl (C=O) groups is 3. The van der Waals surface area contributed by atoms with Gasteiger partial charge in [-0.15, -0.1) is 0 Å². The molecule has 2 atom stereocenters. The Hall–Kier alpha value is -5.70. The largest absolute Gasteiger partial charge is 0.478 e. The van der Waals surface area contributed by atoms with E-state index in [1.54, 1.807) is 19.3 Å². The molecule has 3 saturated heterocycles. The van der Waals surface area contributed by atoms with Crippen LogP contribution in [-0.4, -0.2) is 81.9 Å². The van der Waals surface area contributed by atoms with Gasteiger partial charge in [-0.05, 0) is 86.4 Å². The molecule has 0 radical (unpaired) electrons. The number of nitrogens with zero attached hydrogens (tertiary/aromatic N) is 7. The summed E-state index contributed by atoms with van der Waals surface area (Å²) >= 11 is 6.57. The zero-order valence-corrected chi connectivity index (χ0v) is 32.4. The molecule has 3 fully saturated rings. The van der Waals surface area contributed by atoms with Crippen LogP contribution in [0.2, 0.25) is 5.02 Å². The fourth-order valence-corrected chi connectivity index (χ4v) is 8.50. The van der Waals surface area contributed by atoms with Crippen LogP contribution in [0.15, 0.2) is 53.5 Å². The number of hydrogen-bond donors (Lipinski definition) is 3. The van der Waals surface area contributed by atoms with E-state index in [0.29, 0.717) is 47.0 Å². The Morgan fingerprint density at radius 1 is 0.964 bits per heavy atom. The number of aryl methyl sites for hydroxylation is 2. The number of rotatable bonds is 10. The zero-order chi connectivity index (χ0) is 39.1. The van der Waals surface area contributed by atoms with Crippen molar-refractivity contribution in [2.75, 3.05) is 55.0 Å². The monoisotopic (exact) mass is 780 g/mol. The number of aromatic nitrogens is 5. The lowest BCUT2D eigenvalue weighted by Crippen LogP contribution is -2.39. The minimum atomic E-state index is -0.412. The third-order valence-corrected chi connectivity index (χ3v) is 11.7. The Kier molecular flexibility index (Phi) is 10.3. The van der Waals surface area contributed by atoms with Crippen molar-refractivity contribution in [3.05, 3.63) is 69.7 Å². The molecular formula is C40H45ClN10O5. The Morgan fingerprint density at radius 3 is 2.54 bits per heavy atom. The van der Waals surface area contributed by atoms with Crippen LogP contribution in [0, 0.1) is 11.8 Å². The van der Waals surface area contributed by atoms with E-state index < -0.39 is 5.92 Å². The standard InChI is InChI=1S/C40H45ClN10O5/c1-42-35(53)22-56-33-18-25-17-26(4-8-31(25)48(2)39(33)55)44-37-30(41)20-43-40(46-37)50-13-10-23(11-14-50)16-24-12-15-51(21-24)27-5-6-28-32(19-27)49(3)47-36(28)29-7-9-34(52)45-38(29)54/h4-6,8,17-20,23-24,29H,7,9-16,21-22H2,1-3H3,(H,42,53)(H,43,44,46)(H,45,52,54). The van der Waals surface area contributed by atoms with Gasteiger partial charge < -0.3 is 29.7 Å². The quantitative estimate of drug-likeness (QED) is 0.172. The highest BCUT2D eigenvalue weighted by atomic mass is 35.5. The molecule has 0 saturated carbocycles. The number of hydrogen-bond acceptors (Lipinski definition) is 11. The predicted molar refractivity (Wildman–Crippen MR) is 215 cm³/mol. The molecule has 5 aromatic rings. The van der Waals surface area contributed by atoms with Gasteiger partial charge in [-0.1, -0.05) is 11.6 Å². The third kappa shape index (κ3) is 7.47. The van der Waals surface area contributed by atoms with Crippen LogP contribution < -0.4 is 36.0 Å². The van der Waals surface area contributed by atoms with E-state index in [1.165, 1.54) is 23.7 Å². The van der Waals surface area contributed by atoms with Gasteiger partial charge in [0.15, 0.2) is 18.2 Å². The average molecular weight is 781 g/mol. The Morgan fingerprint density at radius 2 is 1.75 bits per heavy atom. The molecule has 6 heterocycles. The Balaban J connectivity index is 0.873. The lowest BCUT2D eigenvalue weighted by atomic mass is 9.87. The highest BCUT2D eigenvalue weighted by Gasteiger charge is 2.33. The lowest BCUT2D eigenvalue weighted by Gasteiger charge is -2.33. The zero-order valence-electron chi connectivity index (χ0n) is 31.7. The van der Waals surface area contributed by atoms with E-state index in [4.69, 9.17) is 26.4 Å². The van der Waals surface area contributed by atoms with Gasteiger partial charge in [0.05, 0.1) is 28.8 Å². The molecule has 3 N–H and O–H groups in total. The smallest absolute Gasteiger partial charge is 0.293 e. The molecule has 0 bridgehead atoms. The summed E-state index contributed by atoms with van der Waals surface area (Å²) in [7, 11) is 5.09.